The summed E-state index contributed by atoms with van der Waals surface area (Å²) in [5.41, 5.74) is 1.88. The van der Waals surface area contributed by atoms with E-state index in [0.29, 0.717) is 45.1 Å². The second kappa shape index (κ2) is 8.93. The van der Waals surface area contributed by atoms with Crippen LogP contribution >= 0.6 is 11.6 Å². The highest BCUT2D eigenvalue weighted by atomic mass is 35.5. The first kappa shape index (κ1) is 21.1. The van der Waals surface area contributed by atoms with Crippen LogP contribution in [0, 0.1) is 6.92 Å². The molecule has 8 nitrogen and oxygen atoms in total. The Bertz CT molecular complexity index is 1090. The Morgan fingerprint density at radius 2 is 1.94 bits per heavy atom. The third-order valence-corrected chi connectivity index (χ3v) is 5.61. The maximum atomic E-state index is 13.2. The van der Waals surface area contributed by atoms with Crippen molar-refractivity contribution in [2.45, 2.75) is 26.2 Å². The Kier molecular flexibility index (Phi) is 6.08. The number of nitrogens with zero attached hydrogens (tertiary/aromatic N) is 5. The van der Waals surface area contributed by atoms with E-state index in [0.717, 1.165) is 25.9 Å². The van der Waals surface area contributed by atoms with Crippen molar-refractivity contribution in [2.75, 3.05) is 42.3 Å². The molecule has 1 N–H and O–H groups in total. The fourth-order valence-electron chi connectivity index (χ4n) is 3.70. The highest BCUT2D eigenvalue weighted by molar-refractivity contribution is 6.33. The monoisotopic (exact) mass is 440 g/mol. The van der Waals surface area contributed by atoms with Gasteiger partial charge in [-0.05, 0) is 32.3 Å². The molecule has 4 rings (SSSR count). The standard InChI is InChI=1S/C22H25ClN6O2/c1-14-18(19(27-31-14)15-9-5-6-10-16(15)23)21(30)25-17-13-24-22(26-20(17)28(2)3)29-11-7-4-8-12-29/h5-6,9-10,13H,4,7-8,11-12H2,1-3H3,(H,25,30). The van der Waals surface area contributed by atoms with Gasteiger partial charge < -0.3 is 19.6 Å². The minimum atomic E-state index is -0.355. The average molecular weight is 441 g/mol. The largest absolute Gasteiger partial charge is 0.361 e. The summed E-state index contributed by atoms with van der Waals surface area (Å²) in [6.07, 6.45) is 5.16. The van der Waals surface area contributed by atoms with E-state index in [1.807, 2.05) is 31.1 Å². The summed E-state index contributed by atoms with van der Waals surface area (Å²) in [5, 5.41) is 7.49. The lowest BCUT2D eigenvalue weighted by Gasteiger charge is -2.28. The SMILES string of the molecule is Cc1onc(-c2ccccc2Cl)c1C(=O)Nc1cnc(N2CCCCC2)nc1N(C)C. The molecule has 0 atom stereocenters. The van der Waals surface area contributed by atoms with Crippen LogP contribution in [0.15, 0.2) is 35.0 Å². The van der Waals surface area contributed by atoms with Gasteiger partial charge in [0, 0.05) is 32.7 Å². The fraction of sp³-hybridized carbons (Fsp3) is 0.364. The first-order valence-corrected chi connectivity index (χ1v) is 10.7. The second-order valence-corrected chi connectivity index (χ2v) is 8.15. The number of amides is 1. The van der Waals surface area contributed by atoms with Gasteiger partial charge in [-0.3, -0.25) is 4.79 Å². The zero-order valence-corrected chi connectivity index (χ0v) is 18.6. The molecule has 1 fully saturated rings. The number of aryl methyl sites for hydroxylation is 1. The number of carbonyl (C=O) groups is 1. The van der Waals surface area contributed by atoms with Gasteiger partial charge in [0.25, 0.3) is 5.91 Å². The summed E-state index contributed by atoms with van der Waals surface area (Å²) in [4.78, 5) is 26.5. The van der Waals surface area contributed by atoms with Gasteiger partial charge in [0.2, 0.25) is 5.95 Å². The van der Waals surface area contributed by atoms with Crippen molar-refractivity contribution in [1.29, 1.82) is 0 Å². The molecule has 1 amide bonds. The normalized spacial score (nSPS) is 13.9. The van der Waals surface area contributed by atoms with E-state index in [2.05, 4.69) is 20.4 Å². The van der Waals surface area contributed by atoms with Crippen LogP contribution in [0.5, 0.6) is 0 Å². The predicted octanol–water partition coefficient (Wildman–Crippen LogP) is 4.40. The van der Waals surface area contributed by atoms with Crippen molar-refractivity contribution in [3.05, 3.63) is 46.8 Å². The van der Waals surface area contributed by atoms with Gasteiger partial charge in [-0.1, -0.05) is 35.0 Å². The smallest absolute Gasteiger partial charge is 0.261 e. The molecule has 0 bridgehead atoms. The van der Waals surface area contributed by atoms with E-state index in [-0.39, 0.29) is 5.91 Å². The molecular formula is C22H25ClN6O2. The van der Waals surface area contributed by atoms with Crippen LogP contribution in [-0.4, -0.2) is 48.2 Å². The third kappa shape index (κ3) is 4.34. The lowest BCUT2D eigenvalue weighted by Crippen LogP contribution is -2.31. The second-order valence-electron chi connectivity index (χ2n) is 7.75. The summed E-state index contributed by atoms with van der Waals surface area (Å²) in [6, 6.07) is 7.21. The van der Waals surface area contributed by atoms with E-state index >= 15 is 0 Å². The van der Waals surface area contributed by atoms with Crippen molar-refractivity contribution >= 4 is 35.0 Å². The Hall–Kier alpha value is -3.13. The molecule has 0 spiro atoms. The van der Waals surface area contributed by atoms with Crippen LogP contribution in [0.3, 0.4) is 0 Å². The number of carbonyl (C=O) groups excluding carboxylic acids is 1. The molecule has 1 aromatic carbocycles. The quantitative estimate of drug-likeness (QED) is 0.628. The number of piperidine rings is 1. The molecule has 162 valence electrons. The number of aromatic nitrogens is 3. The lowest BCUT2D eigenvalue weighted by atomic mass is 10.1. The fourth-order valence-corrected chi connectivity index (χ4v) is 3.93. The van der Waals surface area contributed by atoms with Crippen LogP contribution in [0.4, 0.5) is 17.5 Å². The zero-order chi connectivity index (χ0) is 22.0. The number of anilines is 3. The van der Waals surface area contributed by atoms with Gasteiger partial charge in [-0.2, -0.15) is 4.98 Å². The minimum absolute atomic E-state index is 0.331. The van der Waals surface area contributed by atoms with Crippen molar-refractivity contribution < 1.29 is 9.32 Å². The summed E-state index contributed by atoms with van der Waals surface area (Å²) < 4.78 is 5.32. The molecule has 0 radical (unpaired) electrons. The average Bonchev–Trinajstić information content (AvgIpc) is 3.16. The van der Waals surface area contributed by atoms with Gasteiger partial charge in [0.15, 0.2) is 5.82 Å². The lowest BCUT2D eigenvalue weighted by molar-refractivity contribution is 0.102. The summed E-state index contributed by atoms with van der Waals surface area (Å²) in [5.74, 6) is 1.37. The molecule has 1 aliphatic heterocycles. The summed E-state index contributed by atoms with van der Waals surface area (Å²) in [6.45, 7) is 3.59. The molecule has 0 unspecified atom stereocenters. The highest BCUT2D eigenvalue weighted by Gasteiger charge is 2.25. The molecule has 1 saturated heterocycles. The van der Waals surface area contributed by atoms with Gasteiger partial charge in [0.05, 0.1) is 11.2 Å². The van der Waals surface area contributed by atoms with Crippen LogP contribution in [-0.2, 0) is 0 Å². The van der Waals surface area contributed by atoms with E-state index in [1.165, 1.54) is 6.42 Å². The van der Waals surface area contributed by atoms with E-state index < -0.39 is 0 Å². The summed E-state index contributed by atoms with van der Waals surface area (Å²) >= 11 is 6.32. The Morgan fingerprint density at radius 3 is 2.65 bits per heavy atom. The van der Waals surface area contributed by atoms with Crippen molar-refractivity contribution in [3.63, 3.8) is 0 Å². The molecule has 31 heavy (non-hydrogen) atoms. The number of halogens is 1. The van der Waals surface area contributed by atoms with Crippen molar-refractivity contribution in [3.8, 4) is 11.3 Å². The van der Waals surface area contributed by atoms with Crippen LogP contribution in [0.25, 0.3) is 11.3 Å². The van der Waals surface area contributed by atoms with E-state index in [1.54, 1.807) is 25.3 Å². The molecule has 9 heteroatoms. The first-order valence-electron chi connectivity index (χ1n) is 10.3. The van der Waals surface area contributed by atoms with Gasteiger partial charge in [-0.15, -0.1) is 0 Å². The maximum absolute atomic E-state index is 13.2. The molecule has 3 heterocycles. The van der Waals surface area contributed by atoms with Crippen LogP contribution < -0.4 is 15.1 Å². The first-order chi connectivity index (χ1) is 15.0. The van der Waals surface area contributed by atoms with Crippen molar-refractivity contribution in [2.24, 2.45) is 0 Å². The van der Waals surface area contributed by atoms with Crippen LogP contribution in [0.1, 0.15) is 35.4 Å². The Morgan fingerprint density at radius 1 is 1.19 bits per heavy atom. The molecule has 3 aromatic rings. The number of nitrogens with one attached hydrogen (secondary N) is 1. The van der Waals surface area contributed by atoms with E-state index in [9.17, 15) is 4.79 Å². The molecule has 0 saturated carbocycles. The predicted molar refractivity (Wildman–Crippen MR) is 122 cm³/mol. The molecule has 0 aliphatic carbocycles. The number of hydrogen-bond donors (Lipinski definition) is 1. The number of benzene rings is 1. The van der Waals surface area contributed by atoms with Gasteiger partial charge in [0.1, 0.15) is 22.7 Å². The molecule has 2 aromatic heterocycles. The van der Waals surface area contributed by atoms with Gasteiger partial charge in [-0.25, -0.2) is 4.98 Å². The van der Waals surface area contributed by atoms with Crippen LogP contribution in [0.2, 0.25) is 5.02 Å². The topological polar surface area (TPSA) is 87.4 Å². The zero-order valence-electron chi connectivity index (χ0n) is 17.9. The van der Waals surface area contributed by atoms with Crippen molar-refractivity contribution in [1.82, 2.24) is 15.1 Å². The molecular weight excluding hydrogens is 416 g/mol. The number of rotatable bonds is 5. The third-order valence-electron chi connectivity index (χ3n) is 5.29. The minimum Gasteiger partial charge on any atom is -0.361 e. The Balaban J connectivity index is 1.65. The number of hydrogen-bond acceptors (Lipinski definition) is 7. The maximum Gasteiger partial charge on any atom is 0.261 e. The summed E-state index contributed by atoms with van der Waals surface area (Å²) in [7, 11) is 3.77. The van der Waals surface area contributed by atoms with Gasteiger partial charge >= 0.3 is 0 Å². The molecule has 1 aliphatic rings. The van der Waals surface area contributed by atoms with E-state index in [4.69, 9.17) is 21.1 Å². The Labute approximate surface area is 186 Å². The highest BCUT2D eigenvalue weighted by Crippen LogP contribution is 2.32.